The molecule has 184 valence electrons. The van der Waals surface area contributed by atoms with Crippen molar-refractivity contribution < 1.29 is 22.7 Å². The van der Waals surface area contributed by atoms with Crippen molar-refractivity contribution in [1.82, 2.24) is 14.9 Å². The predicted molar refractivity (Wildman–Crippen MR) is 129 cm³/mol. The highest BCUT2D eigenvalue weighted by atomic mass is 32.2. The number of rotatable bonds is 4. The molecule has 1 unspecified atom stereocenters. The fraction of sp³-hybridized carbons (Fsp3) is 0.542. The maximum atomic E-state index is 12.3. The molecule has 0 aromatic carbocycles. The van der Waals surface area contributed by atoms with E-state index in [4.69, 9.17) is 9.47 Å². The second kappa shape index (κ2) is 9.05. The third-order valence-corrected chi connectivity index (χ3v) is 7.17. The van der Waals surface area contributed by atoms with E-state index >= 15 is 0 Å². The van der Waals surface area contributed by atoms with Crippen molar-refractivity contribution in [2.24, 2.45) is 0 Å². The normalized spacial score (nSPS) is 21.4. The molecule has 0 N–H and O–H groups in total. The van der Waals surface area contributed by atoms with E-state index in [2.05, 4.69) is 9.97 Å². The van der Waals surface area contributed by atoms with Crippen LogP contribution in [0.5, 0.6) is 5.88 Å². The lowest BCUT2D eigenvalue weighted by Crippen LogP contribution is -2.44. The van der Waals surface area contributed by atoms with Crippen LogP contribution in [0, 0.1) is 0 Å². The standard InChI is InChI=1S/C24H32N4O5S/c1-16-14-28(20-7-6-18(12-19(16)20)34(5,30)31)21-13-22(26-15-25-21)32-17-8-10-27(11-9-17)23(29)33-24(2,3)4/h6,12-15,17,20H,7-11H2,1-5H3. The van der Waals surface area contributed by atoms with Gasteiger partial charge < -0.3 is 19.3 Å². The molecule has 1 aromatic heterocycles. The smallest absolute Gasteiger partial charge is 0.410 e. The number of hydrogen-bond donors (Lipinski definition) is 0. The number of anilines is 1. The van der Waals surface area contributed by atoms with Gasteiger partial charge in [-0.25, -0.2) is 23.2 Å². The molecule has 0 saturated carbocycles. The van der Waals surface area contributed by atoms with Crippen LogP contribution in [0.3, 0.4) is 0 Å². The van der Waals surface area contributed by atoms with E-state index in [1.54, 1.807) is 17.1 Å². The Balaban J connectivity index is 1.40. The molecule has 1 fully saturated rings. The summed E-state index contributed by atoms with van der Waals surface area (Å²) in [5.74, 6) is 1.17. The molecular formula is C24H32N4O5S. The lowest BCUT2D eigenvalue weighted by molar-refractivity contribution is 0.0123. The van der Waals surface area contributed by atoms with Crippen molar-refractivity contribution >= 4 is 21.7 Å². The second-order valence-corrected chi connectivity index (χ2v) is 12.0. The van der Waals surface area contributed by atoms with Crippen molar-refractivity contribution in [3.8, 4) is 5.88 Å². The molecule has 0 radical (unpaired) electrons. The van der Waals surface area contributed by atoms with Crippen LogP contribution in [0.4, 0.5) is 10.6 Å². The van der Waals surface area contributed by atoms with Crippen LogP contribution in [-0.2, 0) is 14.6 Å². The van der Waals surface area contributed by atoms with Crippen molar-refractivity contribution in [2.45, 2.75) is 64.7 Å². The zero-order valence-electron chi connectivity index (χ0n) is 20.3. The molecule has 1 saturated heterocycles. The van der Waals surface area contributed by atoms with Gasteiger partial charge in [0.1, 0.15) is 23.9 Å². The van der Waals surface area contributed by atoms with E-state index in [0.29, 0.717) is 49.0 Å². The summed E-state index contributed by atoms with van der Waals surface area (Å²) in [6.07, 6.45) is 9.82. The van der Waals surface area contributed by atoms with E-state index < -0.39 is 15.4 Å². The summed E-state index contributed by atoms with van der Waals surface area (Å²) in [5.41, 5.74) is 1.48. The summed E-state index contributed by atoms with van der Waals surface area (Å²) in [5, 5.41) is 0. The molecule has 0 spiro atoms. The average Bonchev–Trinajstić information content (AvgIpc) is 3.09. The zero-order chi connectivity index (χ0) is 24.7. The molecule has 34 heavy (non-hydrogen) atoms. The SMILES string of the molecule is CC1=CN(c2cc(OC3CCN(C(=O)OC(C)(C)C)CC3)ncn2)C2CC=C(S(C)(=O)=O)C=C12. The number of carbonyl (C=O) groups is 1. The summed E-state index contributed by atoms with van der Waals surface area (Å²) in [7, 11) is -3.25. The van der Waals surface area contributed by atoms with Gasteiger partial charge in [-0.3, -0.25) is 0 Å². The van der Waals surface area contributed by atoms with Gasteiger partial charge in [-0.05, 0) is 51.3 Å². The van der Waals surface area contributed by atoms with Crippen molar-refractivity contribution in [3.05, 3.63) is 46.8 Å². The molecular weight excluding hydrogens is 456 g/mol. The van der Waals surface area contributed by atoms with Crippen LogP contribution in [-0.4, -0.2) is 66.5 Å². The molecule has 3 heterocycles. The maximum absolute atomic E-state index is 12.3. The summed E-state index contributed by atoms with van der Waals surface area (Å²) >= 11 is 0. The first kappa shape index (κ1) is 24.3. The second-order valence-electron chi connectivity index (χ2n) is 9.95. The Kier molecular flexibility index (Phi) is 6.46. The number of hydrogen-bond acceptors (Lipinski definition) is 8. The maximum Gasteiger partial charge on any atom is 0.410 e. The molecule has 9 nitrogen and oxygen atoms in total. The Hall–Kier alpha value is -2.88. The summed E-state index contributed by atoms with van der Waals surface area (Å²) in [6.45, 7) is 8.68. The number of allylic oxidation sites excluding steroid dienone is 1. The topological polar surface area (TPSA) is 102 Å². The molecule has 0 bridgehead atoms. The minimum atomic E-state index is -3.25. The highest BCUT2D eigenvalue weighted by Gasteiger charge is 2.33. The van der Waals surface area contributed by atoms with Crippen LogP contribution >= 0.6 is 0 Å². The van der Waals surface area contributed by atoms with Gasteiger partial charge in [0, 0.05) is 44.5 Å². The lowest BCUT2D eigenvalue weighted by Gasteiger charge is -2.33. The number of piperidine rings is 1. The number of fused-ring (bicyclic) bond motifs is 1. The fourth-order valence-electron chi connectivity index (χ4n) is 4.35. The minimum absolute atomic E-state index is 0.00897. The third kappa shape index (κ3) is 5.43. The number of amides is 1. The van der Waals surface area contributed by atoms with Gasteiger partial charge >= 0.3 is 6.09 Å². The van der Waals surface area contributed by atoms with Crippen molar-refractivity contribution in [1.29, 1.82) is 0 Å². The number of sulfone groups is 1. The van der Waals surface area contributed by atoms with E-state index in [-0.39, 0.29) is 18.2 Å². The molecule has 3 aliphatic rings. The number of aromatic nitrogens is 2. The molecule has 4 rings (SSSR count). The third-order valence-electron chi connectivity index (χ3n) is 6.02. The highest BCUT2D eigenvalue weighted by molar-refractivity contribution is 7.94. The van der Waals surface area contributed by atoms with E-state index in [1.807, 2.05) is 44.9 Å². The van der Waals surface area contributed by atoms with Crippen LogP contribution in [0.2, 0.25) is 0 Å². The van der Waals surface area contributed by atoms with Crippen LogP contribution in [0.1, 0.15) is 47.0 Å². The summed E-state index contributed by atoms with van der Waals surface area (Å²) in [6, 6.07) is 1.80. The van der Waals surface area contributed by atoms with Gasteiger partial charge in [0.05, 0.1) is 10.9 Å². The highest BCUT2D eigenvalue weighted by Crippen LogP contribution is 2.38. The van der Waals surface area contributed by atoms with Crippen LogP contribution in [0.15, 0.2) is 46.8 Å². The van der Waals surface area contributed by atoms with Gasteiger partial charge in [-0.15, -0.1) is 0 Å². The number of nitrogens with zero attached hydrogens (tertiary/aromatic N) is 4. The summed E-state index contributed by atoms with van der Waals surface area (Å²) in [4.78, 5) is 25.1. The first-order valence-corrected chi connectivity index (χ1v) is 13.4. The van der Waals surface area contributed by atoms with Gasteiger partial charge in [0.25, 0.3) is 0 Å². The zero-order valence-corrected chi connectivity index (χ0v) is 21.1. The first-order chi connectivity index (χ1) is 15.9. The number of ether oxygens (including phenoxy) is 2. The largest absolute Gasteiger partial charge is 0.474 e. The van der Waals surface area contributed by atoms with E-state index in [0.717, 1.165) is 11.1 Å². The quantitative estimate of drug-likeness (QED) is 0.633. The number of carbonyl (C=O) groups excluding carboxylic acids is 1. The monoisotopic (exact) mass is 488 g/mol. The Bertz CT molecular complexity index is 1160. The van der Waals surface area contributed by atoms with Gasteiger partial charge in [0.15, 0.2) is 9.84 Å². The summed E-state index contributed by atoms with van der Waals surface area (Å²) < 4.78 is 35.5. The predicted octanol–water partition coefficient (Wildman–Crippen LogP) is 3.61. The minimum Gasteiger partial charge on any atom is -0.474 e. The van der Waals surface area contributed by atoms with Gasteiger partial charge in [-0.1, -0.05) is 6.08 Å². The van der Waals surface area contributed by atoms with E-state index in [1.165, 1.54) is 12.6 Å². The molecule has 1 aliphatic carbocycles. The average molecular weight is 489 g/mol. The lowest BCUT2D eigenvalue weighted by atomic mass is 9.96. The Morgan fingerprint density at radius 1 is 1.18 bits per heavy atom. The fourth-order valence-corrected chi connectivity index (χ4v) is 5.09. The van der Waals surface area contributed by atoms with Crippen molar-refractivity contribution in [2.75, 3.05) is 24.2 Å². The molecule has 1 amide bonds. The Labute approximate surface area is 201 Å². The van der Waals surface area contributed by atoms with Gasteiger partial charge in [-0.2, -0.15) is 0 Å². The van der Waals surface area contributed by atoms with E-state index in [9.17, 15) is 13.2 Å². The van der Waals surface area contributed by atoms with Crippen LogP contribution < -0.4 is 9.64 Å². The molecule has 1 atom stereocenters. The Morgan fingerprint density at radius 3 is 2.53 bits per heavy atom. The Morgan fingerprint density at radius 2 is 1.88 bits per heavy atom. The molecule has 10 heteroatoms. The first-order valence-electron chi connectivity index (χ1n) is 11.5. The molecule has 2 aliphatic heterocycles. The van der Waals surface area contributed by atoms with Crippen molar-refractivity contribution in [3.63, 3.8) is 0 Å². The number of likely N-dealkylation sites (tertiary alicyclic amines) is 1. The molecule has 1 aromatic rings. The van der Waals surface area contributed by atoms with Crippen LogP contribution in [0.25, 0.3) is 0 Å². The van der Waals surface area contributed by atoms with Gasteiger partial charge in [0.2, 0.25) is 5.88 Å².